The summed E-state index contributed by atoms with van der Waals surface area (Å²) in [6, 6.07) is 4.29. The first-order valence-corrected chi connectivity index (χ1v) is 3.08. The van der Waals surface area contributed by atoms with Gasteiger partial charge in [0.2, 0.25) is 0 Å². The third-order valence-electron chi connectivity index (χ3n) is 1.33. The monoisotopic (exact) mass is 150 g/mol. The van der Waals surface area contributed by atoms with Crippen LogP contribution in [-0.4, -0.2) is 7.11 Å². The quantitative estimate of drug-likeness (QED) is 0.555. The zero-order valence-corrected chi connectivity index (χ0v) is 6.10. The summed E-state index contributed by atoms with van der Waals surface area (Å²) in [5.74, 6) is 2.39. The third-order valence-corrected chi connectivity index (χ3v) is 1.33. The van der Waals surface area contributed by atoms with Gasteiger partial charge >= 0.3 is 0 Å². The lowest BCUT2D eigenvalue weighted by molar-refractivity contribution is 0.413. The average molecular weight is 150 g/mol. The highest BCUT2D eigenvalue weighted by Crippen LogP contribution is 2.14. The van der Waals surface area contributed by atoms with Gasteiger partial charge in [-0.2, -0.15) is 0 Å². The molecule has 0 fully saturated rings. The minimum absolute atomic E-state index is 0.226. The van der Waals surface area contributed by atoms with E-state index in [1.807, 2.05) is 0 Å². The molecule has 0 amide bonds. The van der Waals surface area contributed by atoms with Crippen molar-refractivity contribution in [2.75, 3.05) is 7.11 Å². The third kappa shape index (κ3) is 1.50. The fourth-order valence-electron chi connectivity index (χ4n) is 0.742. The Morgan fingerprint density at radius 3 is 2.82 bits per heavy atom. The largest absolute Gasteiger partial charge is 0.497 e. The molecule has 2 heteroatoms. The van der Waals surface area contributed by atoms with Crippen molar-refractivity contribution < 1.29 is 9.13 Å². The predicted octanol–water partition coefficient (Wildman–Crippen LogP) is 1.82. The molecule has 1 rings (SSSR count). The number of rotatable bonds is 1. The van der Waals surface area contributed by atoms with E-state index in [9.17, 15) is 4.39 Å². The highest BCUT2D eigenvalue weighted by atomic mass is 19.1. The van der Waals surface area contributed by atoms with Crippen molar-refractivity contribution in [1.82, 2.24) is 0 Å². The summed E-state index contributed by atoms with van der Waals surface area (Å²) in [6.07, 6.45) is 5.03. The van der Waals surface area contributed by atoms with Gasteiger partial charge in [-0.15, -0.1) is 6.42 Å². The van der Waals surface area contributed by atoms with Gasteiger partial charge in [-0.3, -0.25) is 0 Å². The Morgan fingerprint density at radius 2 is 2.27 bits per heavy atom. The standard InChI is InChI=1S/C9H7FO/c1-3-7-6-8(11-2)4-5-9(7)10/h1,4-6H,2H3. The smallest absolute Gasteiger partial charge is 0.139 e. The van der Waals surface area contributed by atoms with Crippen LogP contribution in [0.15, 0.2) is 18.2 Å². The van der Waals surface area contributed by atoms with Crippen molar-refractivity contribution in [3.63, 3.8) is 0 Å². The summed E-state index contributed by atoms with van der Waals surface area (Å²) in [6.45, 7) is 0. The number of hydrogen-bond acceptors (Lipinski definition) is 1. The average Bonchev–Trinajstić information content (AvgIpc) is 2.05. The van der Waals surface area contributed by atoms with Crippen molar-refractivity contribution in [2.45, 2.75) is 0 Å². The second kappa shape index (κ2) is 3.07. The van der Waals surface area contributed by atoms with Gasteiger partial charge < -0.3 is 4.74 Å². The fraction of sp³-hybridized carbons (Fsp3) is 0.111. The van der Waals surface area contributed by atoms with Crippen molar-refractivity contribution in [3.05, 3.63) is 29.6 Å². The molecule has 11 heavy (non-hydrogen) atoms. The molecule has 0 aliphatic carbocycles. The second-order valence-electron chi connectivity index (χ2n) is 1.99. The maximum Gasteiger partial charge on any atom is 0.139 e. The molecule has 0 aromatic heterocycles. The normalized spacial score (nSPS) is 8.82. The molecule has 0 aliphatic rings. The number of halogens is 1. The number of terminal acetylenes is 1. The molecule has 0 bridgehead atoms. The van der Waals surface area contributed by atoms with E-state index in [-0.39, 0.29) is 5.56 Å². The highest BCUT2D eigenvalue weighted by Gasteiger charge is 1.99. The van der Waals surface area contributed by atoms with Crippen LogP contribution in [0.25, 0.3) is 0 Å². The van der Waals surface area contributed by atoms with Gasteiger partial charge in [0.15, 0.2) is 0 Å². The van der Waals surface area contributed by atoms with E-state index in [4.69, 9.17) is 11.2 Å². The molecule has 0 unspecified atom stereocenters. The molecule has 0 radical (unpaired) electrons. The second-order valence-corrected chi connectivity index (χ2v) is 1.99. The summed E-state index contributed by atoms with van der Waals surface area (Å²) in [5, 5.41) is 0. The van der Waals surface area contributed by atoms with Crippen LogP contribution in [-0.2, 0) is 0 Å². The van der Waals surface area contributed by atoms with Crippen molar-refractivity contribution in [3.8, 4) is 18.1 Å². The van der Waals surface area contributed by atoms with Gasteiger partial charge in [0, 0.05) is 0 Å². The van der Waals surface area contributed by atoms with Gasteiger partial charge in [-0.1, -0.05) is 5.92 Å². The van der Waals surface area contributed by atoms with Crippen molar-refractivity contribution in [2.24, 2.45) is 0 Å². The van der Waals surface area contributed by atoms with E-state index in [0.29, 0.717) is 5.75 Å². The van der Waals surface area contributed by atoms with E-state index >= 15 is 0 Å². The van der Waals surface area contributed by atoms with E-state index in [1.165, 1.54) is 25.3 Å². The lowest BCUT2D eigenvalue weighted by Gasteiger charge is -1.99. The molecule has 0 heterocycles. The lowest BCUT2D eigenvalue weighted by Crippen LogP contribution is -1.86. The van der Waals surface area contributed by atoms with Gasteiger partial charge in [-0.25, -0.2) is 4.39 Å². The number of methoxy groups -OCH3 is 1. The minimum Gasteiger partial charge on any atom is -0.497 e. The number of benzene rings is 1. The van der Waals surface area contributed by atoms with Crippen LogP contribution in [0, 0.1) is 18.2 Å². The fourth-order valence-corrected chi connectivity index (χ4v) is 0.742. The molecule has 56 valence electrons. The molecular weight excluding hydrogens is 143 g/mol. The summed E-state index contributed by atoms with van der Waals surface area (Å²) < 4.78 is 17.6. The molecule has 0 aliphatic heterocycles. The summed E-state index contributed by atoms with van der Waals surface area (Å²) in [5.41, 5.74) is 0.226. The van der Waals surface area contributed by atoms with Gasteiger partial charge in [-0.05, 0) is 18.2 Å². The molecular formula is C9H7FO. The number of hydrogen-bond donors (Lipinski definition) is 0. The minimum atomic E-state index is -0.395. The Hall–Kier alpha value is -1.49. The molecule has 0 spiro atoms. The van der Waals surface area contributed by atoms with Crippen LogP contribution in [0.2, 0.25) is 0 Å². The maximum atomic E-state index is 12.7. The molecule has 0 saturated heterocycles. The topological polar surface area (TPSA) is 9.23 Å². The van der Waals surface area contributed by atoms with Crippen LogP contribution >= 0.6 is 0 Å². The van der Waals surface area contributed by atoms with Crippen molar-refractivity contribution >= 4 is 0 Å². The van der Waals surface area contributed by atoms with E-state index in [2.05, 4.69) is 5.92 Å². The Kier molecular flexibility index (Phi) is 2.12. The zero-order chi connectivity index (χ0) is 8.27. The molecule has 0 N–H and O–H groups in total. The van der Waals surface area contributed by atoms with E-state index in [1.54, 1.807) is 0 Å². The molecule has 0 atom stereocenters. The zero-order valence-electron chi connectivity index (χ0n) is 6.10. The van der Waals surface area contributed by atoms with Crippen LogP contribution in [0.4, 0.5) is 4.39 Å². The number of ether oxygens (including phenoxy) is 1. The van der Waals surface area contributed by atoms with Crippen LogP contribution < -0.4 is 4.74 Å². The molecule has 1 nitrogen and oxygen atoms in total. The van der Waals surface area contributed by atoms with E-state index < -0.39 is 5.82 Å². The molecule has 0 saturated carbocycles. The van der Waals surface area contributed by atoms with Gasteiger partial charge in [0.1, 0.15) is 11.6 Å². The van der Waals surface area contributed by atoms with Crippen LogP contribution in [0.1, 0.15) is 5.56 Å². The first-order valence-electron chi connectivity index (χ1n) is 3.08. The molecule has 1 aromatic rings. The van der Waals surface area contributed by atoms with Crippen LogP contribution in [0.5, 0.6) is 5.75 Å². The Bertz CT molecular complexity index is 299. The summed E-state index contributed by atoms with van der Waals surface area (Å²) in [4.78, 5) is 0. The SMILES string of the molecule is C#Cc1cc(OC)ccc1F. The predicted molar refractivity (Wildman–Crippen MR) is 40.9 cm³/mol. The summed E-state index contributed by atoms with van der Waals surface area (Å²) in [7, 11) is 1.51. The molecule has 1 aromatic carbocycles. The maximum absolute atomic E-state index is 12.7. The lowest BCUT2D eigenvalue weighted by atomic mass is 10.2. The van der Waals surface area contributed by atoms with E-state index in [0.717, 1.165) is 0 Å². The van der Waals surface area contributed by atoms with Crippen molar-refractivity contribution in [1.29, 1.82) is 0 Å². The first-order chi connectivity index (χ1) is 5.27. The Labute approximate surface area is 64.8 Å². The van der Waals surface area contributed by atoms with Gasteiger partial charge in [0.25, 0.3) is 0 Å². The van der Waals surface area contributed by atoms with Gasteiger partial charge in [0.05, 0.1) is 12.7 Å². The summed E-state index contributed by atoms with van der Waals surface area (Å²) >= 11 is 0. The first kappa shape index (κ1) is 7.62. The highest BCUT2D eigenvalue weighted by molar-refractivity contribution is 5.39. The Morgan fingerprint density at radius 1 is 1.55 bits per heavy atom. The Balaban J connectivity index is 3.15. The van der Waals surface area contributed by atoms with Crippen LogP contribution in [0.3, 0.4) is 0 Å².